The van der Waals surface area contributed by atoms with Crippen molar-refractivity contribution in [3.05, 3.63) is 59.9 Å². The molecule has 2 aliphatic heterocycles. The number of rotatable bonds is 5. The summed E-state index contributed by atoms with van der Waals surface area (Å²) in [7, 11) is 0. The van der Waals surface area contributed by atoms with Gasteiger partial charge in [0.1, 0.15) is 5.75 Å². The van der Waals surface area contributed by atoms with Crippen LogP contribution in [0, 0.1) is 5.92 Å². The topological polar surface area (TPSA) is 62.7 Å². The molecule has 0 spiro atoms. The molecular formula is C23H27N3O3. The van der Waals surface area contributed by atoms with Crippen LogP contribution in [0.15, 0.2) is 48.8 Å². The molecule has 0 radical (unpaired) electrons. The van der Waals surface area contributed by atoms with Gasteiger partial charge >= 0.3 is 0 Å². The van der Waals surface area contributed by atoms with Crippen LogP contribution in [0.2, 0.25) is 0 Å². The maximum Gasteiger partial charge on any atom is 0.257 e. The number of hydrogen-bond donors (Lipinski definition) is 0. The molecule has 4 rings (SSSR count). The number of aromatic nitrogens is 1. The molecule has 3 heterocycles. The first-order valence-electron chi connectivity index (χ1n) is 10.4. The van der Waals surface area contributed by atoms with Gasteiger partial charge in [0, 0.05) is 44.1 Å². The van der Waals surface area contributed by atoms with E-state index in [9.17, 15) is 9.59 Å². The fraction of sp³-hybridized carbons (Fsp3) is 0.435. The Morgan fingerprint density at radius 1 is 0.897 bits per heavy atom. The maximum absolute atomic E-state index is 12.8. The highest BCUT2D eigenvalue weighted by Gasteiger charge is 2.26. The van der Waals surface area contributed by atoms with Crippen LogP contribution in [0.3, 0.4) is 0 Å². The molecule has 2 fully saturated rings. The van der Waals surface area contributed by atoms with Crippen LogP contribution in [0.4, 0.5) is 0 Å². The van der Waals surface area contributed by atoms with Crippen LogP contribution < -0.4 is 4.74 Å². The molecule has 29 heavy (non-hydrogen) atoms. The van der Waals surface area contributed by atoms with Gasteiger partial charge in [-0.05, 0) is 55.9 Å². The Morgan fingerprint density at radius 2 is 1.55 bits per heavy atom. The molecular weight excluding hydrogens is 366 g/mol. The van der Waals surface area contributed by atoms with Gasteiger partial charge < -0.3 is 14.5 Å². The Labute approximate surface area is 171 Å². The van der Waals surface area contributed by atoms with E-state index in [-0.39, 0.29) is 11.8 Å². The summed E-state index contributed by atoms with van der Waals surface area (Å²) >= 11 is 0. The number of carbonyl (C=O) groups is 2. The zero-order valence-corrected chi connectivity index (χ0v) is 16.6. The highest BCUT2D eigenvalue weighted by atomic mass is 16.5. The van der Waals surface area contributed by atoms with Crippen molar-refractivity contribution in [2.45, 2.75) is 25.7 Å². The van der Waals surface area contributed by atoms with Gasteiger partial charge in [0.25, 0.3) is 11.8 Å². The predicted molar refractivity (Wildman–Crippen MR) is 110 cm³/mol. The summed E-state index contributed by atoms with van der Waals surface area (Å²) < 4.78 is 6.08. The number of likely N-dealkylation sites (tertiary alicyclic amines) is 2. The summed E-state index contributed by atoms with van der Waals surface area (Å²) in [5.74, 6) is 1.18. The summed E-state index contributed by atoms with van der Waals surface area (Å²) in [5, 5.41) is 0. The summed E-state index contributed by atoms with van der Waals surface area (Å²) in [6.07, 6.45) is 7.25. The Bertz CT molecular complexity index is 841. The number of amides is 2. The van der Waals surface area contributed by atoms with Crippen molar-refractivity contribution in [3.63, 3.8) is 0 Å². The minimum absolute atomic E-state index is 0.0633. The Balaban J connectivity index is 1.31. The molecule has 152 valence electrons. The lowest BCUT2D eigenvalue weighted by molar-refractivity contribution is 0.0656. The summed E-state index contributed by atoms with van der Waals surface area (Å²) in [4.78, 5) is 33.1. The Hall–Kier alpha value is -2.89. The standard InChI is InChI=1S/C23H27N3O3/c27-22(19-7-11-24-12-8-19)26-15-9-18(10-16-26)17-29-21-6-2-1-5-20(21)23(28)25-13-3-4-14-25/h1-2,5-8,11-12,18H,3-4,9-10,13-17H2. The zero-order valence-electron chi connectivity index (χ0n) is 16.6. The summed E-state index contributed by atoms with van der Waals surface area (Å²) in [6.45, 7) is 3.68. The first-order valence-corrected chi connectivity index (χ1v) is 10.4. The molecule has 1 aromatic heterocycles. The molecule has 0 atom stereocenters. The highest BCUT2D eigenvalue weighted by Crippen LogP contribution is 2.25. The summed E-state index contributed by atoms with van der Waals surface area (Å²) in [6, 6.07) is 11.0. The van der Waals surface area contributed by atoms with E-state index >= 15 is 0 Å². The van der Waals surface area contributed by atoms with Crippen LogP contribution in [-0.4, -0.2) is 59.4 Å². The second kappa shape index (κ2) is 9.07. The van der Waals surface area contributed by atoms with E-state index in [0.29, 0.717) is 29.4 Å². The minimum atomic E-state index is 0.0633. The molecule has 1 aromatic carbocycles. The molecule has 6 heteroatoms. The van der Waals surface area contributed by atoms with Crippen molar-refractivity contribution in [1.82, 2.24) is 14.8 Å². The quantitative estimate of drug-likeness (QED) is 0.782. The highest BCUT2D eigenvalue weighted by molar-refractivity contribution is 5.97. The lowest BCUT2D eigenvalue weighted by Crippen LogP contribution is -2.39. The largest absolute Gasteiger partial charge is 0.492 e. The zero-order chi connectivity index (χ0) is 20.1. The average molecular weight is 393 g/mol. The number of piperidine rings is 1. The van der Waals surface area contributed by atoms with E-state index < -0.39 is 0 Å². The number of ether oxygens (including phenoxy) is 1. The number of carbonyl (C=O) groups excluding carboxylic acids is 2. The van der Waals surface area contributed by atoms with Gasteiger partial charge in [-0.25, -0.2) is 0 Å². The van der Waals surface area contributed by atoms with Crippen molar-refractivity contribution in [3.8, 4) is 5.75 Å². The molecule has 2 saturated heterocycles. The van der Waals surface area contributed by atoms with Crippen molar-refractivity contribution in [1.29, 1.82) is 0 Å². The molecule has 2 aromatic rings. The lowest BCUT2D eigenvalue weighted by atomic mass is 9.97. The SMILES string of the molecule is O=C(c1ccncc1)N1CCC(COc2ccccc2C(=O)N2CCCC2)CC1. The van der Waals surface area contributed by atoms with Gasteiger partial charge in [-0.3, -0.25) is 14.6 Å². The van der Waals surface area contributed by atoms with Crippen LogP contribution in [0.25, 0.3) is 0 Å². The summed E-state index contributed by atoms with van der Waals surface area (Å²) in [5.41, 5.74) is 1.34. The van der Waals surface area contributed by atoms with Gasteiger partial charge in [-0.1, -0.05) is 12.1 Å². The van der Waals surface area contributed by atoms with E-state index in [1.807, 2.05) is 34.1 Å². The van der Waals surface area contributed by atoms with Crippen LogP contribution in [0.1, 0.15) is 46.4 Å². The van der Waals surface area contributed by atoms with Crippen LogP contribution in [0.5, 0.6) is 5.75 Å². The predicted octanol–water partition coefficient (Wildman–Crippen LogP) is 3.25. The van der Waals surface area contributed by atoms with E-state index in [2.05, 4.69) is 4.98 Å². The maximum atomic E-state index is 12.8. The minimum Gasteiger partial charge on any atom is -0.492 e. The molecule has 6 nitrogen and oxygen atoms in total. The van der Waals surface area contributed by atoms with Gasteiger partial charge in [-0.15, -0.1) is 0 Å². The molecule has 0 aliphatic carbocycles. The van der Waals surface area contributed by atoms with Crippen LogP contribution >= 0.6 is 0 Å². The van der Waals surface area contributed by atoms with Crippen molar-refractivity contribution >= 4 is 11.8 Å². The number of pyridine rings is 1. The van der Waals surface area contributed by atoms with Gasteiger partial charge in [0.15, 0.2) is 0 Å². The van der Waals surface area contributed by atoms with E-state index in [0.717, 1.165) is 51.9 Å². The Kier molecular flexibility index (Phi) is 6.08. The smallest absolute Gasteiger partial charge is 0.257 e. The number of benzene rings is 1. The number of nitrogens with zero attached hydrogens (tertiary/aromatic N) is 3. The third-order valence-corrected chi connectivity index (χ3v) is 5.81. The van der Waals surface area contributed by atoms with Crippen molar-refractivity contribution in [2.75, 3.05) is 32.8 Å². The van der Waals surface area contributed by atoms with Gasteiger partial charge in [0.05, 0.1) is 12.2 Å². The average Bonchev–Trinajstić information content (AvgIpc) is 3.33. The fourth-order valence-corrected chi connectivity index (χ4v) is 4.05. The first-order chi connectivity index (χ1) is 14.2. The van der Waals surface area contributed by atoms with Gasteiger partial charge in [-0.2, -0.15) is 0 Å². The molecule has 2 aliphatic rings. The van der Waals surface area contributed by atoms with E-state index in [1.54, 1.807) is 24.5 Å². The number of para-hydroxylation sites is 1. The van der Waals surface area contributed by atoms with Crippen LogP contribution in [-0.2, 0) is 0 Å². The third kappa shape index (κ3) is 4.58. The molecule has 0 N–H and O–H groups in total. The molecule has 2 amide bonds. The second-order valence-electron chi connectivity index (χ2n) is 7.78. The molecule has 0 bridgehead atoms. The Morgan fingerprint density at radius 3 is 2.28 bits per heavy atom. The number of hydrogen-bond acceptors (Lipinski definition) is 4. The van der Waals surface area contributed by atoms with E-state index in [1.165, 1.54) is 0 Å². The lowest BCUT2D eigenvalue weighted by Gasteiger charge is -2.32. The second-order valence-corrected chi connectivity index (χ2v) is 7.78. The molecule has 0 saturated carbocycles. The monoisotopic (exact) mass is 393 g/mol. The van der Waals surface area contributed by atoms with E-state index in [4.69, 9.17) is 4.74 Å². The van der Waals surface area contributed by atoms with Crippen molar-refractivity contribution < 1.29 is 14.3 Å². The molecule has 0 unspecified atom stereocenters. The first kappa shape index (κ1) is 19.4. The van der Waals surface area contributed by atoms with Gasteiger partial charge in [0.2, 0.25) is 0 Å². The fourth-order valence-electron chi connectivity index (χ4n) is 4.05. The third-order valence-electron chi connectivity index (χ3n) is 5.81. The normalized spacial score (nSPS) is 17.4. The van der Waals surface area contributed by atoms with Crippen molar-refractivity contribution in [2.24, 2.45) is 5.92 Å².